The van der Waals surface area contributed by atoms with Crippen molar-refractivity contribution >= 4 is 5.91 Å². The van der Waals surface area contributed by atoms with Crippen LogP contribution in [0.3, 0.4) is 0 Å². The van der Waals surface area contributed by atoms with Crippen LogP contribution in [0.2, 0.25) is 0 Å². The second kappa shape index (κ2) is 8.14. The van der Waals surface area contributed by atoms with Gasteiger partial charge in [-0.25, -0.2) is 0 Å². The Morgan fingerprint density at radius 3 is 2.57 bits per heavy atom. The maximum Gasteiger partial charge on any atom is 0.220 e. The zero-order valence-electron chi connectivity index (χ0n) is 14.6. The first-order valence-corrected chi connectivity index (χ1v) is 8.42. The van der Waals surface area contributed by atoms with Gasteiger partial charge >= 0.3 is 0 Å². The monoisotopic (exact) mass is 297 g/mol. The molecule has 0 aromatic rings. The van der Waals surface area contributed by atoms with Gasteiger partial charge in [-0.15, -0.1) is 0 Å². The Morgan fingerprint density at radius 2 is 2.05 bits per heavy atom. The van der Waals surface area contributed by atoms with Crippen molar-refractivity contribution in [3.63, 3.8) is 0 Å². The largest absolute Gasteiger partial charge is 0.353 e. The lowest BCUT2D eigenvalue weighted by molar-refractivity contribution is -0.123. The van der Waals surface area contributed by atoms with Gasteiger partial charge in [-0.3, -0.25) is 4.79 Å². The van der Waals surface area contributed by atoms with Crippen LogP contribution in [0.1, 0.15) is 53.4 Å². The third-order valence-electron chi connectivity index (χ3n) is 4.91. The van der Waals surface area contributed by atoms with Crippen LogP contribution in [-0.2, 0) is 4.79 Å². The Kier molecular flexibility index (Phi) is 7.14. The highest BCUT2D eigenvalue weighted by Gasteiger charge is 2.27. The van der Waals surface area contributed by atoms with Crippen molar-refractivity contribution < 1.29 is 4.79 Å². The normalized spacial score (nSPS) is 25.6. The maximum absolute atomic E-state index is 12.2. The van der Waals surface area contributed by atoms with E-state index >= 15 is 0 Å². The van der Waals surface area contributed by atoms with Crippen molar-refractivity contribution in [2.45, 2.75) is 59.4 Å². The van der Waals surface area contributed by atoms with Crippen LogP contribution in [-0.4, -0.2) is 43.5 Å². The predicted molar refractivity (Wildman–Crippen MR) is 89.1 cm³/mol. The number of carbonyl (C=O) groups excluding carboxylic acids is 1. The van der Waals surface area contributed by atoms with Crippen LogP contribution in [0.25, 0.3) is 0 Å². The third kappa shape index (κ3) is 6.35. The first-order chi connectivity index (χ1) is 9.74. The molecule has 1 saturated heterocycles. The number of amides is 1. The average molecular weight is 297 g/mol. The fourth-order valence-electron chi connectivity index (χ4n) is 3.36. The fraction of sp³-hybridized carbons (Fsp3) is 0.941. The summed E-state index contributed by atoms with van der Waals surface area (Å²) in [6.45, 7) is 11.8. The molecule has 3 N–H and O–H groups in total. The summed E-state index contributed by atoms with van der Waals surface area (Å²) in [7, 11) is 2.15. The van der Waals surface area contributed by atoms with E-state index < -0.39 is 0 Å². The van der Waals surface area contributed by atoms with E-state index in [1.165, 1.54) is 0 Å². The van der Waals surface area contributed by atoms with Gasteiger partial charge in [0.05, 0.1) is 0 Å². The highest BCUT2D eigenvalue weighted by molar-refractivity contribution is 5.76. The molecule has 0 saturated carbocycles. The van der Waals surface area contributed by atoms with E-state index in [4.69, 9.17) is 5.73 Å². The maximum atomic E-state index is 12.2. The summed E-state index contributed by atoms with van der Waals surface area (Å²) in [5.41, 5.74) is 5.93. The molecule has 21 heavy (non-hydrogen) atoms. The Morgan fingerprint density at radius 1 is 1.38 bits per heavy atom. The van der Waals surface area contributed by atoms with E-state index in [1.807, 2.05) is 0 Å². The highest BCUT2D eigenvalue weighted by atomic mass is 16.1. The van der Waals surface area contributed by atoms with Gasteiger partial charge in [0, 0.05) is 19.0 Å². The zero-order chi connectivity index (χ0) is 16.0. The van der Waals surface area contributed by atoms with E-state index in [2.05, 4.69) is 45.0 Å². The molecular weight excluding hydrogens is 262 g/mol. The minimum absolute atomic E-state index is 0.211. The van der Waals surface area contributed by atoms with E-state index in [-0.39, 0.29) is 11.3 Å². The Labute approximate surface area is 130 Å². The van der Waals surface area contributed by atoms with Crippen LogP contribution >= 0.6 is 0 Å². The lowest BCUT2D eigenvalue weighted by atomic mass is 9.76. The van der Waals surface area contributed by atoms with Gasteiger partial charge in [-0.1, -0.05) is 27.7 Å². The fourth-order valence-corrected chi connectivity index (χ4v) is 3.36. The number of piperidine rings is 1. The molecule has 124 valence electrons. The molecule has 0 radical (unpaired) electrons. The number of carbonyl (C=O) groups is 1. The zero-order valence-corrected chi connectivity index (χ0v) is 14.6. The van der Waals surface area contributed by atoms with E-state index in [0.29, 0.717) is 30.8 Å². The summed E-state index contributed by atoms with van der Waals surface area (Å²) in [6, 6.07) is 0.344. The summed E-state index contributed by atoms with van der Waals surface area (Å²) in [5.74, 6) is 1.26. The van der Waals surface area contributed by atoms with Crippen LogP contribution in [0.15, 0.2) is 0 Å². The Bertz CT molecular complexity index is 324. The highest BCUT2D eigenvalue weighted by Crippen LogP contribution is 2.32. The molecule has 1 heterocycles. The molecule has 4 nitrogen and oxygen atoms in total. The molecule has 1 fully saturated rings. The number of nitrogens with zero attached hydrogens (tertiary/aromatic N) is 1. The van der Waals surface area contributed by atoms with E-state index in [1.54, 1.807) is 0 Å². The molecule has 0 aromatic heterocycles. The van der Waals surface area contributed by atoms with Gasteiger partial charge in [-0.2, -0.15) is 0 Å². The van der Waals surface area contributed by atoms with Crippen LogP contribution in [0.5, 0.6) is 0 Å². The van der Waals surface area contributed by atoms with Crippen molar-refractivity contribution in [2.24, 2.45) is 23.0 Å². The van der Waals surface area contributed by atoms with Crippen LogP contribution in [0, 0.1) is 17.3 Å². The van der Waals surface area contributed by atoms with E-state index in [0.717, 1.165) is 32.4 Å². The Balaban J connectivity index is 2.39. The first kappa shape index (κ1) is 18.4. The molecule has 1 aliphatic rings. The molecule has 0 bridgehead atoms. The molecule has 1 amide bonds. The van der Waals surface area contributed by atoms with Crippen LogP contribution < -0.4 is 11.1 Å². The number of nitrogens with two attached hydrogens (primary N) is 1. The minimum atomic E-state index is 0.211. The number of likely N-dealkylation sites (tertiary alicyclic amines) is 1. The second-order valence-corrected chi connectivity index (χ2v) is 7.88. The topological polar surface area (TPSA) is 58.4 Å². The average Bonchev–Trinajstić information content (AvgIpc) is 2.36. The summed E-state index contributed by atoms with van der Waals surface area (Å²) < 4.78 is 0. The lowest BCUT2D eigenvalue weighted by Crippen LogP contribution is -2.48. The Hall–Kier alpha value is -0.610. The van der Waals surface area contributed by atoms with Crippen molar-refractivity contribution in [3.05, 3.63) is 0 Å². The lowest BCUT2D eigenvalue weighted by Gasteiger charge is -2.35. The minimum Gasteiger partial charge on any atom is -0.353 e. The standard InChI is InChI=1S/C17H35N3O/c1-13-12-20(5)11-9-15(13)19-16(21)7-6-14(8-10-18)17(2,3)4/h13-15H,6-12,18H2,1-5H3,(H,19,21). The number of hydrogen-bond acceptors (Lipinski definition) is 3. The molecule has 1 aliphatic heterocycles. The molecule has 1 rings (SSSR count). The van der Waals surface area contributed by atoms with Crippen molar-refractivity contribution in [1.82, 2.24) is 10.2 Å². The molecule has 0 spiro atoms. The molecule has 0 aromatic carbocycles. The molecule has 3 unspecified atom stereocenters. The van der Waals surface area contributed by atoms with Crippen molar-refractivity contribution in [3.8, 4) is 0 Å². The number of hydrogen-bond donors (Lipinski definition) is 2. The SMILES string of the molecule is CC1CN(C)CCC1NC(=O)CCC(CCN)C(C)(C)C. The smallest absolute Gasteiger partial charge is 0.220 e. The van der Waals surface area contributed by atoms with Crippen molar-refractivity contribution in [2.75, 3.05) is 26.7 Å². The first-order valence-electron chi connectivity index (χ1n) is 8.42. The van der Waals surface area contributed by atoms with Gasteiger partial charge in [0.15, 0.2) is 0 Å². The number of nitrogens with one attached hydrogen (secondary N) is 1. The van der Waals surface area contributed by atoms with Gasteiger partial charge in [-0.05, 0) is 56.7 Å². The van der Waals surface area contributed by atoms with Crippen LogP contribution in [0.4, 0.5) is 0 Å². The van der Waals surface area contributed by atoms with Gasteiger partial charge in [0.25, 0.3) is 0 Å². The quantitative estimate of drug-likeness (QED) is 0.790. The third-order valence-corrected chi connectivity index (χ3v) is 4.91. The molecule has 3 atom stereocenters. The summed E-state index contributed by atoms with van der Waals surface area (Å²) in [5, 5.41) is 3.24. The van der Waals surface area contributed by atoms with E-state index in [9.17, 15) is 4.79 Å². The summed E-state index contributed by atoms with van der Waals surface area (Å²) in [4.78, 5) is 14.6. The van der Waals surface area contributed by atoms with Gasteiger partial charge in [0.1, 0.15) is 0 Å². The predicted octanol–water partition coefficient (Wildman–Crippen LogP) is 2.23. The molecular formula is C17H35N3O. The molecule has 4 heteroatoms. The second-order valence-electron chi connectivity index (χ2n) is 7.88. The number of rotatable bonds is 6. The van der Waals surface area contributed by atoms with Gasteiger partial charge < -0.3 is 16.0 Å². The summed E-state index contributed by atoms with van der Waals surface area (Å²) in [6.07, 6.45) is 3.63. The van der Waals surface area contributed by atoms with Crippen molar-refractivity contribution in [1.29, 1.82) is 0 Å². The molecule has 0 aliphatic carbocycles. The summed E-state index contributed by atoms with van der Waals surface area (Å²) >= 11 is 0. The van der Waals surface area contributed by atoms with Gasteiger partial charge in [0.2, 0.25) is 5.91 Å².